The summed E-state index contributed by atoms with van der Waals surface area (Å²) in [5, 5.41) is 16.5. The number of hydrogen-bond donors (Lipinski definition) is 2. The largest absolute Gasteiger partial charge is 0.478 e. The number of aryl methyl sites for hydroxylation is 2. The molecule has 19 heavy (non-hydrogen) atoms. The van der Waals surface area contributed by atoms with E-state index in [0.717, 1.165) is 17.1 Å². The van der Waals surface area contributed by atoms with Crippen molar-refractivity contribution in [3.8, 4) is 0 Å². The van der Waals surface area contributed by atoms with E-state index in [4.69, 9.17) is 5.11 Å². The summed E-state index contributed by atoms with van der Waals surface area (Å²) in [5.41, 5.74) is 4.50. The molecule has 0 atom stereocenters. The maximum Gasteiger partial charge on any atom is 0.335 e. The average Bonchev–Trinajstić information content (AvgIpc) is 2.62. The van der Waals surface area contributed by atoms with Gasteiger partial charge in [0.2, 0.25) is 0 Å². The topological polar surface area (TPSA) is 67.2 Å². The van der Waals surface area contributed by atoms with Crippen LogP contribution < -0.4 is 5.32 Å². The Morgan fingerprint density at radius 1 is 1.32 bits per heavy atom. The number of carboxylic acids is 1. The van der Waals surface area contributed by atoms with Crippen LogP contribution in [0.2, 0.25) is 0 Å². The van der Waals surface area contributed by atoms with Gasteiger partial charge in [-0.3, -0.25) is 4.68 Å². The van der Waals surface area contributed by atoms with Crippen LogP contribution in [0.25, 0.3) is 0 Å². The van der Waals surface area contributed by atoms with Gasteiger partial charge < -0.3 is 10.4 Å². The smallest absolute Gasteiger partial charge is 0.335 e. The lowest BCUT2D eigenvalue weighted by atomic mass is 10.1. The zero-order valence-electron chi connectivity index (χ0n) is 11.3. The van der Waals surface area contributed by atoms with Gasteiger partial charge in [0.05, 0.1) is 11.3 Å². The molecule has 0 amide bonds. The standard InChI is InChI=1S/C14H17N3O2/c1-9-13(10(2)17(3)16-9)8-15-12-6-4-11(5-7-12)14(18)19/h4-7,15H,8H2,1-3H3,(H,18,19). The molecule has 0 saturated heterocycles. The van der Waals surface area contributed by atoms with Gasteiger partial charge in [-0.1, -0.05) is 0 Å². The van der Waals surface area contributed by atoms with Crippen molar-refractivity contribution in [2.45, 2.75) is 20.4 Å². The van der Waals surface area contributed by atoms with E-state index in [1.807, 2.05) is 25.6 Å². The van der Waals surface area contributed by atoms with Crippen LogP contribution in [0.15, 0.2) is 24.3 Å². The van der Waals surface area contributed by atoms with Crippen molar-refractivity contribution < 1.29 is 9.90 Å². The SMILES string of the molecule is Cc1nn(C)c(C)c1CNc1ccc(C(=O)O)cc1. The number of aromatic carboxylic acids is 1. The molecule has 1 aromatic carbocycles. The fourth-order valence-corrected chi connectivity index (χ4v) is 1.99. The highest BCUT2D eigenvalue weighted by molar-refractivity contribution is 5.87. The lowest BCUT2D eigenvalue weighted by Gasteiger charge is -2.07. The molecule has 2 aromatic rings. The molecule has 1 heterocycles. The number of aromatic nitrogens is 2. The Labute approximate surface area is 111 Å². The van der Waals surface area contributed by atoms with E-state index in [0.29, 0.717) is 12.1 Å². The van der Waals surface area contributed by atoms with Gasteiger partial charge in [-0.05, 0) is 38.1 Å². The fraction of sp³-hybridized carbons (Fsp3) is 0.286. The first kappa shape index (κ1) is 13.1. The first-order valence-electron chi connectivity index (χ1n) is 6.05. The van der Waals surface area contributed by atoms with Crippen LogP contribution in [-0.4, -0.2) is 20.9 Å². The van der Waals surface area contributed by atoms with E-state index in [1.54, 1.807) is 24.3 Å². The van der Waals surface area contributed by atoms with Crippen molar-refractivity contribution in [3.05, 3.63) is 46.8 Å². The van der Waals surface area contributed by atoms with E-state index in [1.165, 1.54) is 5.56 Å². The van der Waals surface area contributed by atoms with Crippen LogP contribution in [0.1, 0.15) is 27.3 Å². The molecular weight excluding hydrogens is 242 g/mol. The highest BCUT2D eigenvalue weighted by Crippen LogP contribution is 2.15. The summed E-state index contributed by atoms with van der Waals surface area (Å²) in [4.78, 5) is 10.8. The minimum atomic E-state index is -0.912. The maximum absolute atomic E-state index is 10.8. The first-order valence-corrected chi connectivity index (χ1v) is 6.05. The van der Waals surface area contributed by atoms with Gasteiger partial charge in [-0.2, -0.15) is 5.10 Å². The highest BCUT2D eigenvalue weighted by atomic mass is 16.4. The molecule has 0 radical (unpaired) electrons. The molecule has 0 aliphatic heterocycles. The van der Waals surface area contributed by atoms with Crippen LogP contribution in [-0.2, 0) is 13.6 Å². The lowest BCUT2D eigenvalue weighted by Crippen LogP contribution is -2.03. The molecule has 0 unspecified atom stereocenters. The Bertz CT molecular complexity index is 600. The number of hydrogen-bond acceptors (Lipinski definition) is 3. The van der Waals surface area contributed by atoms with Gasteiger partial charge >= 0.3 is 5.97 Å². The number of nitrogens with zero attached hydrogens (tertiary/aromatic N) is 2. The maximum atomic E-state index is 10.8. The summed E-state index contributed by atoms with van der Waals surface area (Å²) < 4.78 is 1.86. The molecule has 5 heteroatoms. The monoisotopic (exact) mass is 259 g/mol. The van der Waals surface area contributed by atoms with Crippen LogP contribution in [0, 0.1) is 13.8 Å². The Balaban J connectivity index is 2.08. The number of carboxylic acid groups (broad SMARTS) is 1. The van der Waals surface area contributed by atoms with Crippen molar-refractivity contribution in [3.63, 3.8) is 0 Å². The summed E-state index contributed by atoms with van der Waals surface area (Å²) in [6.07, 6.45) is 0. The molecule has 0 aliphatic rings. The van der Waals surface area contributed by atoms with Crippen LogP contribution >= 0.6 is 0 Å². The third kappa shape index (κ3) is 2.76. The first-order chi connectivity index (χ1) is 8.99. The van der Waals surface area contributed by atoms with Crippen molar-refractivity contribution in [2.24, 2.45) is 7.05 Å². The van der Waals surface area contributed by atoms with Crippen molar-refractivity contribution >= 4 is 11.7 Å². The molecule has 0 saturated carbocycles. The summed E-state index contributed by atoms with van der Waals surface area (Å²) in [6, 6.07) is 6.72. The van der Waals surface area contributed by atoms with Crippen molar-refractivity contribution in [1.82, 2.24) is 9.78 Å². The Morgan fingerprint density at radius 3 is 2.42 bits per heavy atom. The Morgan fingerprint density at radius 2 is 1.95 bits per heavy atom. The second-order valence-corrected chi connectivity index (χ2v) is 4.51. The molecule has 2 rings (SSSR count). The Hall–Kier alpha value is -2.30. The fourth-order valence-electron chi connectivity index (χ4n) is 1.99. The minimum absolute atomic E-state index is 0.291. The number of benzene rings is 1. The predicted molar refractivity (Wildman–Crippen MR) is 73.4 cm³/mol. The molecule has 1 aromatic heterocycles. The molecule has 100 valence electrons. The number of carbonyl (C=O) groups is 1. The van der Waals surface area contributed by atoms with E-state index >= 15 is 0 Å². The predicted octanol–water partition coefficient (Wildman–Crippen LogP) is 2.35. The highest BCUT2D eigenvalue weighted by Gasteiger charge is 2.09. The molecule has 0 spiro atoms. The molecule has 5 nitrogen and oxygen atoms in total. The molecule has 0 fully saturated rings. The van der Waals surface area contributed by atoms with E-state index in [2.05, 4.69) is 10.4 Å². The Kier molecular flexibility index (Phi) is 3.55. The van der Waals surface area contributed by atoms with Crippen LogP contribution in [0.5, 0.6) is 0 Å². The molecule has 0 aliphatic carbocycles. The van der Waals surface area contributed by atoms with E-state index in [-0.39, 0.29) is 0 Å². The van der Waals surface area contributed by atoms with Gasteiger partial charge in [0.1, 0.15) is 0 Å². The molecule has 2 N–H and O–H groups in total. The average molecular weight is 259 g/mol. The normalized spacial score (nSPS) is 10.5. The van der Waals surface area contributed by atoms with Gasteiger partial charge in [0, 0.05) is 30.5 Å². The zero-order chi connectivity index (χ0) is 14.0. The van der Waals surface area contributed by atoms with Crippen LogP contribution in [0.4, 0.5) is 5.69 Å². The van der Waals surface area contributed by atoms with Crippen molar-refractivity contribution in [1.29, 1.82) is 0 Å². The van der Waals surface area contributed by atoms with Gasteiger partial charge in [-0.25, -0.2) is 4.79 Å². The van der Waals surface area contributed by atoms with Gasteiger partial charge in [0.15, 0.2) is 0 Å². The number of nitrogens with one attached hydrogen (secondary N) is 1. The van der Waals surface area contributed by atoms with Gasteiger partial charge in [-0.15, -0.1) is 0 Å². The third-order valence-corrected chi connectivity index (χ3v) is 3.26. The van der Waals surface area contributed by atoms with Crippen molar-refractivity contribution in [2.75, 3.05) is 5.32 Å². The molecular formula is C14H17N3O2. The summed E-state index contributed by atoms with van der Waals surface area (Å²) in [6.45, 7) is 4.69. The lowest BCUT2D eigenvalue weighted by molar-refractivity contribution is 0.0697. The summed E-state index contributed by atoms with van der Waals surface area (Å²) >= 11 is 0. The van der Waals surface area contributed by atoms with Crippen LogP contribution in [0.3, 0.4) is 0 Å². The zero-order valence-corrected chi connectivity index (χ0v) is 11.3. The number of anilines is 1. The second kappa shape index (κ2) is 5.14. The molecule has 0 bridgehead atoms. The minimum Gasteiger partial charge on any atom is -0.478 e. The van der Waals surface area contributed by atoms with E-state index in [9.17, 15) is 4.79 Å². The summed E-state index contributed by atoms with van der Waals surface area (Å²) in [5.74, 6) is -0.912. The summed E-state index contributed by atoms with van der Waals surface area (Å²) in [7, 11) is 1.92. The second-order valence-electron chi connectivity index (χ2n) is 4.51. The number of rotatable bonds is 4. The third-order valence-electron chi connectivity index (χ3n) is 3.26. The van der Waals surface area contributed by atoms with Gasteiger partial charge in [0.25, 0.3) is 0 Å². The van der Waals surface area contributed by atoms with E-state index < -0.39 is 5.97 Å². The quantitative estimate of drug-likeness (QED) is 0.884.